The Kier molecular flexibility index (Phi) is 6.49. The number of hydrogen-bond acceptors (Lipinski definition) is 3. The number of fused-ring (bicyclic) bond motifs is 4. The van der Waals surface area contributed by atoms with Gasteiger partial charge >= 0.3 is 0 Å². The highest BCUT2D eigenvalue weighted by Gasteiger charge is 2.30. The molecule has 0 radical (unpaired) electrons. The first-order valence-corrected chi connectivity index (χ1v) is 17.0. The fourth-order valence-corrected chi connectivity index (χ4v) is 7.55. The summed E-state index contributed by atoms with van der Waals surface area (Å²) in [6.45, 7) is 0. The monoisotopic (exact) mass is 638 g/mol. The van der Waals surface area contributed by atoms with Gasteiger partial charge in [0.1, 0.15) is 5.69 Å². The van der Waals surface area contributed by atoms with E-state index in [0.717, 1.165) is 50.6 Å². The molecule has 1 aliphatic rings. The van der Waals surface area contributed by atoms with Crippen LogP contribution in [0, 0.1) is 0 Å². The Bertz CT molecular complexity index is 2650. The van der Waals surface area contributed by atoms with Gasteiger partial charge in [-0.15, -0.1) is 0 Å². The van der Waals surface area contributed by atoms with Crippen molar-refractivity contribution in [2.75, 3.05) is 4.90 Å². The van der Waals surface area contributed by atoms with Gasteiger partial charge in [-0.05, 0) is 70.1 Å². The van der Waals surface area contributed by atoms with Crippen LogP contribution in [0.15, 0.2) is 186 Å². The van der Waals surface area contributed by atoms with Crippen LogP contribution in [0.25, 0.3) is 77.8 Å². The van der Waals surface area contributed by atoms with Crippen LogP contribution in [0.1, 0.15) is 0 Å². The third-order valence-electron chi connectivity index (χ3n) is 9.87. The van der Waals surface area contributed by atoms with Gasteiger partial charge in [-0.2, -0.15) is 0 Å². The minimum absolute atomic E-state index is 0.646. The standard InChI is InChI=1S/C47H30N2O/c1-4-13-31(14-5-1)32-23-25-35(26-24-32)49(42-29-27-36(33-15-6-2-7-16-33)37-19-10-11-20-38(37)42)43-30-28-40-44-39(43)21-12-22-41(44)46-45(40)48-47(50-46)34-17-8-3-9-18-34/h1-30H. The number of aromatic nitrogens is 1. The highest BCUT2D eigenvalue weighted by molar-refractivity contribution is 6.18. The summed E-state index contributed by atoms with van der Waals surface area (Å²) < 4.78 is 6.50. The molecule has 10 rings (SSSR count). The fourth-order valence-electron chi connectivity index (χ4n) is 7.55. The van der Waals surface area contributed by atoms with Crippen LogP contribution in [-0.2, 0) is 0 Å². The molecule has 234 valence electrons. The molecule has 0 N–H and O–H groups in total. The molecule has 9 aromatic rings. The summed E-state index contributed by atoms with van der Waals surface area (Å²) in [6.07, 6.45) is 0. The van der Waals surface area contributed by atoms with Crippen LogP contribution in [0.4, 0.5) is 17.1 Å². The molecule has 0 unspecified atom stereocenters. The van der Waals surface area contributed by atoms with E-state index >= 15 is 0 Å². The molecule has 0 fully saturated rings. The summed E-state index contributed by atoms with van der Waals surface area (Å²) >= 11 is 0. The van der Waals surface area contributed by atoms with Gasteiger partial charge in [-0.1, -0.05) is 140 Å². The SMILES string of the molecule is c1ccc(-c2ccc(N(c3ccc(-c4ccccc4)c4ccccc34)c3ccc4c5c(cccc35)-c3oc(-c5ccccc5)nc3-4)cc2)cc1. The summed E-state index contributed by atoms with van der Waals surface area (Å²) in [5, 5.41) is 4.72. The van der Waals surface area contributed by atoms with Gasteiger partial charge in [0.15, 0.2) is 5.76 Å². The summed E-state index contributed by atoms with van der Waals surface area (Å²) in [7, 11) is 0. The number of anilines is 3. The Balaban J connectivity index is 1.19. The van der Waals surface area contributed by atoms with Crippen LogP contribution < -0.4 is 4.90 Å². The number of nitrogens with zero attached hydrogens (tertiary/aromatic N) is 2. The molecular weight excluding hydrogens is 609 g/mol. The lowest BCUT2D eigenvalue weighted by Crippen LogP contribution is -2.11. The first-order valence-electron chi connectivity index (χ1n) is 17.0. The Morgan fingerprint density at radius 2 is 0.940 bits per heavy atom. The van der Waals surface area contributed by atoms with Crippen molar-refractivity contribution in [1.29, 1.82) is 0 Å². The highest BCUT2D eigenvalue weighted by atomic mass is 16.4. The second-order valence-corrected chi connectivity index (χ2v) is 12.7. The van der Waals surface area contributed by atoms with E-state index in [9.17, 15) is 0 Å². The second-order valence-electron chi connectivity index (χ2n) is 12.7. The van der Waals surface area contributed by atoms with Crippen molar-refractivity contribution in [1.82, 2.24) is 4.98 Å². The van der Waals surface area contributed by atoms with E-state index in [2.05, 4.69) is 157 Å². The highest BCUT2D eigenvalue weighted by Crippen LogP contribution is 2.52. The predicted octanol–water partition coefficient (Wildman–Crippen LogP) is 13.1. The topological polar surface area (TPSA) is 29.3 Å². The molecule has 1 aliphatic carbocycles. The molecule has 0 amide bonds. The Labute approximate surface area is 290 Å². The number of oxazole rings is 1. The maximum Gasteiger partial charge on any atom is 0.227 e. The van der Waals surface area contributed by atoms with Gasteiger partial charge in [0.25, 0.3) is 0 Å². The van der Waals surface area contributed by atoms with Crippen LogP contribution >= 0.6 is 0 Å². The predicted molar refractivity (Wildman–Crippen MR) is 207 cm³/mol. The van der Waals surface area contributed by atoms with E-state index in [1.54, 1.807) is 0 Å². The van der Waals surface area contributed by atoms with Crippen molar-refractivity contribution in [3.63, 3.8) is 0 Å². The van der Waals surface area contributed by atoms with Gasteiger partial charge in [0.05, 0.1) is 11.4 Å². The normalized spacial score (nSPS) is 11.6. The summed E-state index contributed by atoms with van der Waals surface area (Å²) in [6, 6.07) is 64.5. The van der Waals surface area contributed by atoms with Crippen molar-refractivity contribution in [2.45, 2.75) is 0 Å². The molecule has 1 heterocycles. The summed E-state index contributed by atoms with van der Waals surface area (Å²) in [5.41, 5.74) is 12.2. The lowest BCUT2D eigenvalue weighted by atomic mass is 9.95. The molecular formula is C47H30N2O. The Morgan fingerprint density at radius 3 is 1.66 bits per heavy atom. The first-order chi connectivity index (χ1) is 24.8. The van der Waals surface area contributed by atoms with Gasteiger partial charge in [0.2, 0.25) is 5.89 Å². The van der Waals surface area contributed by atoms with E-state index in [0.29, 0.717) is 5.89 Å². The lowest BCUT2D eigenvalue weighted by Gasteiger charge is -2.29. The van der Waals surface area contributed by atoms with Crippen molar-refractivity contribution in [3.05, 3.63) is 182 Å². The molecule has 0 saturated carbocycles. The van der Waals surface area contributed by atoms with Crippen LogP contribution in [-0.4, -0.2) is 4.98 Å². The van der Waals surface area contributed by atoms with Crippen molar-refractivity contribution in [3.8, 4) is 56.3 Å². The third-order valence-corrected chi connectivity index (χ3v) is 9.87. The van der Waals surface area contributed by atoms with Gasteiger partial charge < -0.3 is 9.32 Å². The quantitative estimate of drug-likeness (QED) is 0.181. The zero-order valence-electron chi connectivity index (χ0n) is 27.1. The molecule has 3 nitrogen and oxygen atoms in total. The van der Waals surface area contributed by atoms with E-state index in [-0.39, 0.29) is 0 Å². The lowest BCUT2D eigenvalue weighted by molar-refractivity contribution is 0.590. The van der Waals surface area contributed by atoms with E-state index in [4.69, 9.17) is 9.40 Å². The van der Waals surface area contributed by atoms with Crippen LogP contribution in [0.3, 0.4) is 0 Å². The number of hydrogen-bond donors (Lipinski definition) is 0. The first kappa shape index (κ1) is 28.3. The fraction of sp³-hybridized carbons (Fsp3) is 0. The molecule has 0 saturated heterocycles. The number of rotatable bonds is 6. The minimum Gasteiger partial charge on any atom is -0.435 e. The molecule has 0 spiro atoms. The summed E-state index contributed by atoms with van der Waals surface area (Å²) in [5.74, 6) is 1.48. The van der Waals surface area contributed by atoms with E-state index in [1.807, 2.05) is 30.3 Å². The number of benzene rings is 8. The van der Waals surface area contributed by atoms with E-state index < -0.39 is 0 Å². The Morgan fingerprint density at radius 1 is 0.380 bits per heavy atom. The zero-order chi connectivity index (χ0) is 33.0. The largest absolute Gasteiger partial charge is 0.435 e. The summed E-state index contributed by atoms with van der Waals surface area (Å²) in [4.78, 5) is 7.44. The smallest absolute Gasteiger partial charge is 0.227 e. The zero-order valence-corrected chi connectivity index (χ0v) is 27.1. The minimum atomic E-state index is 0.646. The van der Waals surface area contributed by atoms with Crippen molar-refractivity contribution >= 4 is 38.6 Å². The maximum absolute atomic E-state index is 6.50. The Hall–Kier alpha value is -6.71. The molecule has 1 aromatic heterocycles. The third kappa shape index (κ3) is 4.48. The molecule has 0 aliphatic heterocycles. The van der Waals surface area contributed by atoms with Crippen LogP contribution in [0.2, 0.25) is 0 Å². The average molecular weight is 639 g/mol. The second kappa shape index (κ2) is 11.5. The van der Waals surface area contributed by atoms with Gasteiger partial charge in [-0.3, -0.25) is 0 Å². The van der Waals surface area contributed by atoms with Gasteiger partial charge in [0, 0.05) is 38.5 Å². The molecule has 50 heavy (non-hydrogen) atoms. The molecule has 0 atom stereocenters. The van der Waals surface area contributed by atoms with Crippen LogP contribution in [0.5, 0.6) is 0 Å². The molecule has 8 aromatic carbocycles. The van der Waals surface area contributed by atoms with E-state index in [1.165, 1.54) is 38.4 Å². The van der Waals surface area contributed by atoms with Crippen molar-refractivity contribution in [2.24, 2.45) is 0 Å². The van der Waals surface area contributed by atoms with Crippen molar-refractivity contribution < 1.29 is 4.42 Å². The molecule has 0 bridgehead atoms. The molecule has 3 heteroatoms. The van der Waals surface area contributed by atoms with Gasteiger partial charge in [-0.25, -0.2) is 4.98 Å². The average Bonchev–Trinajstić information content (AvgIpc) is 3.76. The maximum atomic E-state index is 6.50.